The molecule has 1 saturated carbocycles. The Kier molecular flexibility index (Phi) is 7.20. The van der Waals surface area contributed by atoms with Gasteiger partial charge in [-0.3, -0.25) is 0 Å². The van der Waals surface area contributed by atoms with E-state index in [9.17, 15) is 5.11 Å². The Hall–Kier alpha value is -0.120. The Morgan fingerprint density at radius 3 is 2.39 bits per heavy atom. The van der Waals surface area contributed by atoms with Gasteiger partial charge in [0.2, 0.25) is 0 Å². The second-order valence-electron chi connectivity index (χ2n) is 6.01. The lowest BCUT2D eigenvalue weighted by Gasteiger charge is -2.33. The molecule has 0 aromatic carbocycles. The largest absolute Gasteiger partial charge is 0.390 e. The van der Waals surface area contributed by atoms with Crippen LogP contribution in [-0.2, 0) is 0 Å². The third-order valence-corrected chi connectivity index (χ3v) is 4.60. The zero-order valence-corrected chi connectivity index (χ0v) is 12.7. The molecule has 0 bridgehead atoms. The number of aliphatic hydroxyl groups excluding tert-OH is 1. The average molecular weight is 256 g/mol. The van der Waals surface area contributed by atoms with E-state index < -0.39 is 0 Å². The first kappa shape index (κ1) is 15.9. The van der Waals surface area contributed by atoms with Crippen LogP contribution in [0.15, 0.2) is 0 Å². The molecular weight excluding hydrogens is 224 g/mol. The van der Waals surface area contributed by atoms with Crippen LogP contribution < -0.4 is 5.32 Å². The lowest BCUT2D eigenvalue weighted by Crippen LogP contribution is -2.43. The van der Waals surface area contributed by atoms with Crippen LogP contribution in [0.25, 0.3) is 0 Å². The molecule has 0 amide bonds. The van der Waals surface area contributed by atoms with Crippen molar-refractivity contribution in [1.29, 1.82) is 0 Å². The molecule has 0 aliphatic heterocycles. The molecule has 4 unspecified atom stereocenters. The SMILES string of the molecule is CCN(CC)CC(O)CNC1CCC(C)C(C)C1. The summed E-state index contributed by atoms with van der Waals surface area (Å²) >= 11 is 0. The standard InChI is InChI=1S/C15H32N2O/c1-5-17(6-2)11-15(18)10-16-14-8-7-12(3)13(4)9-14/h12-16,18H,5-11H2,1-4H3. The van der Waals surface area contributed by atoms with Gasteiger partial charge in [-0.15, -0.1) is 0 Å². The van der Waals surface area contributed by atoms with Gasteiger partial charge in [-0.05, 0) is 44.2 Å². The van der Waals surface area contributed by atoms with Crippen LogP contribution >= 0.6 is 0 Å². The molecule has 1 aliphatic rings. The number of hydrogen-bond donors (Lipinski definition) is 2. The normalized spacial score (nSPS) is 30.7. The highest BCUT2D eigenvalue weighted by Gasteiger charge is 2.24. The van der Waals surface area contributed by atoms with Gasteiger partial charge in [-0.1, -0.05) is 27.7 Å². The van der Waals surface area contributed by atoms with Crippen molar-refractivity contribution in [2.24, 2.45) is 11.8 Å². The van der Waals surface area contributed by atoms with E-state index in [1.807, 2.05) is 0 Å². The Bertz CT molecular complexity index is 219. The molecule has 0 aromatic heterocycles. The minimum Gasteiger partial charge on any atom is -0.390 e. The maximum Gasteiger partial charge on any atom is 0.0791 e. The topological polar surface area (TPSA) is 35.5 Å². The summed E-state index contributed by atoms with van der Waals surface area (Å²) in [6.45, 7) is 12.6. The van der Waals surface area contributed by atoms with Crippen molar-refractivity contribution in [3.05, 3.63) is 0 Å². The minimum atomic E-state index is -0.237. The molecule has 1 rings (SSSR count). The van der Waals surface area contributed by atoms with Crippen molar-refractivity contribution < 1.29 is 5.11 Å². The molecule has 0 saturated heterocycles. The van der Waals surface area contributed by atoms with Crippen LogP contribution in [0.1, 0.15) is 47.0 Å². The van der Waals surface area contributed by atoms with Gasteiger partial charge in [0.05, 0.1) is 6.10 Å². The van der Waals surface area contributed by atoms with Crippen LogP contribution in [0.3, 0.4) is 0 Å². The second kappa shape index (κ2) is 8.13. The van der Waals surface area contributed by atoms with Gasteiger partial charge in [0.25, 0.3) is 0 Å². The van der Waals surface area contributed by atoms with E-state index in [-0.39, 0.29) is 6.10 Å². The molecule has 3 nitrogen and oxygen atoms in total. The molecule has 4 atom stereocenters. The van der Waals surface area contributed by atoms with Crippen LogP contribution in [0, 0.1) is 11.8 Å². The number of aliphatic hydroxyl groups is 1. The van der Waals surface area contributed by atoms with E-state index in [1.54, 1.807) is 0 Å². The van der Waals surface area contributed by atoms with E-state index in [1.165, 1.54) is 19.3 Å². The average Bonchev–Trinajstić information content (AvgIpc) is 2.37. The van der Waals surface area contributed by atoms with Gasteiger partial charge in [0.1, 0.15) is 0 Å². The summed E-state index contributed by atoms with van der Waals surface area (Å²) in [6.07, 6.45) is 3.62. The lowest BCUT2D eigenvalue weighted by molar-refractivity contribution is 0.108. The van der Waals surface area contributed by atoms with Crippen LogP contribution in [0.5, 0.6) is 0 Å². The first-order valence-corrected chi connectivity index (χ1v) is 7.70. The summed E-state index contributed by atoms with van der Waals surface area (Å²) in [5.74, 6) is 1.68. The lowest BCUT2D eigenvalue weighted by atomic mass is 9.79. The fourth-order valence-corrected chi connectivity index (χ4v) is 2.88. The zero-order chi connectivity index (χ0) is 13.5. The predicted octanol–water partition coefficient (Wildman–Crippen LogP) is 2.10. The van der Waals surface area contributed by atoms with E-state index in [0.717, 1.165) is 38.0 Å². The van der Waals surface area contributed by atoms with Gasteiger partial charge in [0, 0.05) is 19.1 Å². The number of hydrogen-bond acceptors (Lipinski definition) is 3. The molecule has 0 radical (unpaired) electrons. The summed E-state index contributed by atoms with van der Waals surface area (Å²) < 4.78 is 0. The van der Waals surface area contributed by atoms with Gasteiger partial charge < -0.3 is 15.3 Å². The molecular formula is C15H32N2O. The van der Waals surface area contributed by atoms with Gasteiger partial charge in [-0.2, -0.15) is 0 Å². The summed E-state index contributed by atoms with van der Waals surface area (Å²) in [7, 11) is 0. The van der Waals surface area contributed by atoms with Crippen molar-refractivity contribution in [3.63, 3.8) is 0 Å². The Balaban J connectivity index is 2.20. The predicted molar refractivity (Wildman–Crippen MR) is 77.8 cm³/mol. The number of rotatable bonds is 7. The first-order valence-electron chi connectivity index (χ1n) is 7.70. The third-order valence-electron chi connectivity index (χ3n) is 4.60. The molecule has 108 valence electrons. The molecule has 2 N–H and O–H groups in total. The highest BCUT2D eigenvalue weighted by atomic mass is 16.3. The fraction of sp³-hybridized carbons (Fsp3) is 1.00. The smallest absolute Gasteiger partial charge is 0.0791 e. The number of nitrogens with zero attached hydrogens (tertiary/aromatic N) is 1. The van der Waals surface area contributed by atoms with Crippen molar-refractivity contribution in [2.45, 2.75) is 59.1 Å². The number of likely N-dealkylation sites (N-methyl/N-ethyl adjacent to an activating group) is 1. The first-order chi connectivity index (χ1) is 8.56. The zero-order valence-electron chi connectivity index (χ0n) is 12.7. The van der Waals surface area contributed by atoms with Crippen LogP contribution in [0.2, 0.25) is 0 Å². The van der Waals surface area contributed by atoms with E-state index >= 15 is 0 Å². The molecule has 0 aromatic rings. The molecule has 0 heterocycles. The molecule has 3 heteroatoms. The maximum absolute atomic E-state index is 10.0. The monoisotopic (exact) mass is 256 g/mol. The van der Waals surface area contributed by atoms with Crippen molar-refractivity contribution in [2.75, 3.05) is 26.2 Å². The van der Waals surface area contributed by atoms with Crippen LogP contribution in [0.4, 0.5) is 0 Å². The van der Waals surface area contributed by atoms with Crippen LogP contribution in [-0.4, -0.2) is 48.3 Å². The number of nitrogens with one attached hydrogen (secondary N) is 1. The van der Waals surface area contributed by atoms with E-state index in [2.05, 4.69) is 37.9 Å². The summed E-state index contributed by atoms with van der Waals surface area (Å²) in [6, 6.07) is 0.613. The third kappa shape index (κ3) is 5.25. The summed E-state index contributed by atoms with van der Waals surface area (Å²) in [5.41, 5.74) is 0. The Morgan fingerprint density at radius 1 is 1.17 bits per heavy atom. The molecule has 1 fully saturated rings. The van der Waals surface area contributed by atoms with Gasteiger partial charge in [-0.25, -0.2) is 0 Å². The minimum absolute atomic E-state index is 0.237. The van der Waals surface area contributed by atoms with E-state index in [0.29, 0.717) is 6.04 Å². The molecule has 1 aliphatic carbocycles. The van der Waals surface area contributed by atoms with Crippen molar-refractivity contribution in [1.82, 2.24) is 10.2 Å². The molecule has 0 spiro atoms. The molecule has 18 heavy (non-hydrogen) atoms. The Morgan fingerprint density at radius 2 is 1.83 bits per heavy atom. The highest BCUT2D eigenvalue weighted by molar-refractivity contribution is 4.80. The maximum atomic E-state index is 10.0. The Labute approximate surface area is 113 Å². The van der Waals surface area contributed by atoms with Crippen molar-refractivity contribution in [3.8, 4) is 0 Å². The second-order valence-corrected chi connectivity index (χ2v) is 6.01. The highest BCUT2D eigenvalue weighted by Crippen LogP contribution is 2.29. The summed E-state index contributed by atoms with van der Waals surface area (Å²) in [4.78, 5) is 2.28. The summed E-state index contributed by atoms with van der Waals surface area (Å²) in [5, 5.41) is 13.6. The van der Waals surface area contributed by atoms with Gasteiger partial charge in [0.15, 0.2) is 0 Å². The van der Waals surface area contributed by atoms with Gasteiger partial charge >= 0.3 is 0 Å². The quantitative estimate of drug-likeness (QED) is 0.732. The van der Waals surface area contributed by atoms with E-state index in [4.69, 9.17) is 0 Å². The fourth-order valence-electron chi connectivity index (χ4n) is 2.88. The van der Waals surface area contributed by atoms with Crippen molar-refractivity contribution >= 4 is 0 Å².